The maximum Gasteiger partial charge on any atom is 0.251 e. The van der Waals surface area contributed by atoms with Gasteiger partial charge in [-0.2, -0.15) is 0 Å². The summed E-state index contributed by atoms with van der Waals surface area (Å²) in [6.07, 6.45) is 2.55. The summed E-state index contributed by atoms with van der Waals surface area (Å²) in [4.78, 5) is 23.8. The molecular weight excluding hydrogens is 300 g/mol. The Morgan fingerprint density at radius 1 is 1.29 bits per heavy atom. The molecule has 0 aliphatic carbocycles. The predicted octanol–water partition coefficient (Wildman–Crippen LogP) is 2.87. The van der Waals surface area contributed by atoms with Crippen LogP contribution in [0, 0.1) is 6.92 Å². The highest BCUT2D eigenvalue weighted by Crippen LogP contribution is 2.27. The van der Waals surface area contributed by atoms with Gasteiger partial charge in [-0.3, -0.25) is 9.69 Å². The van der Waals surface area contributed by atoms with Gasteiger partial charge >= 0.3 is 0 Å². The van der Waals surface area contributed by atoms with Gasteiger partial charge in [-0.1, -0.05) is 18.2 Å². The van der Waals surface area contributed by atoms with Crippen LogP contribution in [0.3, 0.4) is 0 Å². The number of aromatic amines is 1. The quantitative estimate of drug-likeness (QED) is 0.918. The van der Waals surface area contributed by atoms with Crippen molar-refractivity contribution < 1.29 is 0 Å². The van der Waals surface area contributed by atoms with Gasteiger partial charge in [0.05, 0.1) is 6.04 Å². The molecule has 1 fully saturated rings. The number of para-hydroxylation sites is 1. The minimum Gasteiger partial charge on any atom is -0.371 e. The third-order valence-electron chi connectivity index (χ3n) is 4.80. The van der Waals surface area contributed by atoms with E-state index in [1.807, 2.05) is 6.92 Å². The van der Waals surface area contributed by atoms with Gasteiger partial charge < -0.3 is 9.88 Å². The molecule has 1 aliphatic heterocycles. The lowest BCUT2D eigenvalue weighted by Crippen LogP contribution is -2.27. The molecule has 1 N–H and O–H groups in total. The number of hydrogen-bond donors (Lipinski definition) is 1. The average molecular weight is 326 g/mol. The number of hydrogen-bond acceptors (Lipinski definition) is 4. The van der Waals surface area contributed by atoms with E-state index in [-0.39, 0.29) is 11.6 Å². The first kappa shape index (κ1) is 16.7. The molecule has 0 amide bonds. The summed E-state index contributed by atoms with van der Waals surface area (Å²) in [5.74, 6) is 0.723. The molecular formula is C19H26N4O. The second kappa shape index (κ2) is 7.18. The third kappa shape index (κ3) is 3.67. The zero-order valence-corrected chi connectivity index (χ0v) is 14.7. The zero-order chi connectivity index (χ0) is 17.1. The van der Waals surface area contributed by atoms with Crippen molar-refractivity contribution in [1.29, 1.82) is 0 Å². The van der Waals surface area contributed by atoms with Crippen LogP contribution in [-0.4, -0.2) is 35.0 Å². The molecule has 0 saturated carbocycles. The Bertz CT molecular complexity index is 749. The van der Waals surface area contributed by atoms with Gasteiger partial charge in [-0.15, -0.1) is 0 Å². The number of nitrogens with one attached hydrogen (secondary N) is 1. The summed E-state index contributed by atoms with van der Waals surface area (Å²) in [7, 11) is 2.08. The van der Waals surface area contributed by atoms with Gasteiger partial charge in [0.15, 0.2) is 0 Å². The molecule has 1 aromatic carbocycles. The molecule has 0 unspecified atom stereocenters. The van der Waals surface area contributed by atoms with Gasteiger partial charge in [0, 0.05) is 37.1 Å². The van der Waals surface area contributed by atoms with E-state index < -0.39 is 0 Å². The molecule has 1 saturated heterocycles. The molecule has 0 radical (unpaired) electrons. The van der Waals surface area contributed by atoms with E-state index in [2.05, 4.69) is 58.0 Å². The van der Waals surface area contributed by atoms with Crippen molar-refractivity contribution in [3.63, 3.8) is 0 Å². The summed E-state index contributed by atoms with van der Waals surface area (Å²) < 4.78 is 0. The smallest absolute Gasteiger partial charge is 0.251 e. The van der Waals surface area contributed by atoms with Gasteiger partial charge in [-0.05, 0) is 45.4 Å². The van der Waals surface area contributed by atoms with Crippen molar-refractivity contribution in [3.05, 3.63) is 57.8 Å². The number of benzene rings is 1. The number of nitrogens with zero attached hydrogens (tertiary/aromatic N) is 3. The Labute approximate surface area is 143 Å². The van der Waals surface area contributed by atoms with E-state index in [0.717, 1.165) is 31.2 Å². The molecule has 2 heterocycles. The molecule has 2 aromatic rings. The molecule has 5 heteroatoms. The summed E-state index contributed by atoms with van der Waals surface area (Å²) in [6.45, 7) is 7.04. The molecule has 0 spiro atoms. The van der Waals surface area contributed by atoms with Crippen molar-refractivity contribution in [1.82, 2.24) is 14.9 Å². The topological polar surface area (TPSA) is 52.2 Å². The lowest BCUT2D eigenvalue weighted by atomic mass is 10.1. The van der Waals surface area contributed by atoms with Gasteiger partial charge in [-0.25, -0.2) is 4.98 Å². The summed E-state index contributed by atoms with van der Waals surface area (Å²) >= 11 is 0. The molecule has 5 nitrogen and oxygen atoms in total. The van der Waals surface area contributed by atoms with Crippen molar-refractivity contribution in [2.45, 2.75) is 39.3 Å². The normalized spacial score (nSPS) is 15.9. The van der Waals surface area contributed by atoms with Gasteiger partial charge in [0.2, 0.25) is 0 Å². The zero-order valence-electron chi connectivity index (χ0n) is 14.7. The van der Waals surface area contributed by atoms with Crippen molar-refractivity contribution in [2.75, 3.05) is 25.0 Å². The Morgan fingerprint density at radius 3 is 2.71 bits per heavy atom. The Morgan fingerprint density at radius 2 is 2.00 bits per heavy atom. The van der Waals surface area contributed by atoms with Crippen LogP contribution >= 0.6 is 0 Å². The molecule has 3 rings (SSSR count). The minimum absolute atomic E-state index is 0.0456. The number of H-pyrrole nitrogens is 1. The average Bonchev–Trinajstić information content (AvgIpc) is 3.08. The maximum atomic E-state index is 11.7. The van der Waals surface area contributed by atoms with Crippen LogP contribution in [0.4, 0.5) is 5.69 Å². The molecule has 1 aliphatic rings. The summed E-state index contributed by atoms with van der Waals surface area (Å²) in [5, 5.41) is 0. The highest BCUT2D eigenvalue weighted by molar-refractivity contribution is 5.54. The van der Waals surface area contributed by atoms with E-state index in [0.29, 0.717) is 0 Å². The summed E-state index contributed by atoms with van der Waals surface area (Å²) in [5.41, 5.74) is 3.32. The Kier molecular flexibility index (Phi) is 5.00. The SMILES string of the molecule is Cc1cc(=O)[nH]c([C@H](C)N(C)Cc2ccccc2N2CCCC2)n1. The molecule has 1 aromatic heterocycles. The second-order valence-corrected chi connectivity index (χ2v) is 6.69. The fraction of sp³-hybridized carbons (Fsp3) is 0.474. The van der Waals surface area contributed by atoms with Crippen LogP contribution in [0.25, 0.3) is 0 Å². The predicted molar refractivity (Wildman–Crippen MR) is 97.4 cm³/mol. The second-order valence-electron chi connectivity index (χ2n) is 6.69. The van der Waals surface area contributed by atoms with Crippen LogP contribution in [0.1, 0.15) is 42.9 Å². The van der Waals surface area contributed by atoms with Gasteiger partial charge in [0.25, 0.3) is 5.56 Å². The van der Waals surface area contributed by atoms with E-state index in [1.54, 1.807) is 0 Å². The molecule has 24 heavy (non-hydrogen) atoms. The fourth-order valence-corrected chi connectivity index (χ4v) is 3.33. The molecule has 1 atom stereocenters. The Hall–Kier alpha value is -2.14. The first-order chi connectivity index (χ1) is 11.5. The number of aromatic nitrogens is 2. The molecule has 0 bridgehead atoms. The largest absolute Gasteiger partial charge is 0.371 e. The monoisotopic (exact) mass is 326 g/mol. The van der Waals surface area contributed by atoms with Crippen LogP contribution < -0.4 is 10.5 Å². The van der Waals surface area contributed by atoms with Crippen LogP contribution in [0.5, 0.6) is 0 Å². The van der Waals surface area contributed by atoms with E-state index in [1.165, 1.54) is 30.2 Å². The lowest BCUT2D eigenvalue weighted by molar-refractivity contribution is 0.243. The van der Waals surface area contributed by atoms with Crippen molar-refractivity contribution in [2.24, 2.45) is 0 Å². The number of anilines is 1. The van der Waals surface area contributed by atoms with Crippen LogP contribution in [-0.2, 0) is 6.54 Å². The fourth-order valence-electron chi connectivity index (χ4n) is 3.33. The minimum atomic E-state index is -0.0878. The third-order valence-corrected chi connectivity index (χ3v) is 4.80. The summed E-state index contributed by atoms with van der Waals surface area (Å²) in [6, 6.07) is 10.2. The lowest BCUT2D eigenvalue weighted by Gasteiger charge is -2.27. The first-order valence-electron chi connectivity index (χ1n) is 8.65. The number of aryl methyl sites for hydroxylation is 1. The molecule has 128 valence electrons. The first-order valence-corrected chi connectivity index (χ1v) is 8.65. The van der Waals surface area contributed by atoms with E-state index in [9.17, 15) is 4.79 Å². The maximum absolute atomic E-state index is 11.7. The van der Waals surface area contributed by atoms with Gasteiger partial charge in [0.1, 0.15) is 5.82 Å². The van der Waals surface area contributed by atoms with Crippen LogP contribution in [0.15, 0.2) is 35.1 Å². The van der Waals surface area contributed by atoms with E-state index in [4.69, 9.17) is 0 Å². The van der Waals surface area contributed by atoms with Crippen molar-refractivity contribution >= 4 is 5.69 Å². The highest BCUT2D eigenvalue weighted by Gasteiger charge is 2.19. The number of rotatable bonds is 5. The van der Waals surface area contributed by atoms with Crippen molar-refractivity contribution in [3.8, 4) is 0 Å². The van der Waals surface area contributed by atoms with Crippen LogP contribution in [0.2, 0.25) is 0 Å². The van der Waals surface area contributed by atoms with E-state index >= 15 is 0 Å². The standard InChI is InChI=1S/C19H26N4O/c1-14-12-18(24)21-19(20-14)15(2)22(3)13-16-8-4-5-9-17(16)23-10-6-7-11-23/h4-5,8-9,12,15H,6-7,10-11,13H2,1-3H3,(H,20,21,24)/t15-/m0/s1. The highest BCUT2D eigenvalue weighted by atomic mass is 16.1. The Balaban J connectivity index is 1.79.